The summed E-state index contributed by atoms with van der Waals surface area (Å²) < 4.78 is 11.9. The molecular weight excluding hydrogens is 332 g/mol. The van der Waals surface area contributed by atoms with Crippen molar-refractivity contribution in [1.82, 2.24) is 5.32 Å². The van der Waals surface area contributed by atoms with E-state index in [1.54, 1.807) is 12.1 Å². The first kappa shape index (κ1) is 16.7. The molecule has 1 fully saturated rings. The van der Waals surface area contributed by atoms with Crippen LogP contribution in [0.3, 0.4) is 0 Å². The molecule has 0 radical (unpaired) electrons. The van der Waals surface area contributed by atoms with Crippen molar-refractivity contribution >= 4 is 5.91 Å². The molecule has 0 spiro atoms. The maximum atomic E-state index is 12.5. The molecule has 6 heteroatoms. The molecule has 2 aromatic rings. The number of pyridine rings is 1. The summed E-state index contributed by atoms with van der Waals surface area (Å²) in [5.74, 6) is 1.20. The Labute approximate surface area is 152 Å². The Morgan fingerprint density at radius 1 is 1.12 bits per heavy atom. The number of carbonyl (C=O) groups is 1. The number of ether oxygens (including phenoxy) is 2. The van der Waals surface area contributed by atoms with Crippen LogP contribution in [0.4, 0.5) is 0 Å². The topological polar surface area (TPSA) is 74.5 Å². The average molecular weight is 354 g/mol. The van der Waals surface area contributed by atoms with E-state index in [0.717, 1.165) is 42.7 Å². The van der Waals surface area contributed by atoms with E-state index in [2.05, 4.69) is 11.4 Å². The smallest absolute Gasteiger partial charge is 0.317 e. The van der Waals surface area contributed by atoms with Crippen LogP contribution in [0.25, 0.3) is 0 Å². The highest BCUT2D eigenvalue weighted by atomic mass is 16.6. The van der Waals surface area contributed by atoms with Crippen molar-refractivity contribution in [2.24, 2.45) is 0 Å². The van der Waals surface area contributed by atoms with Crippen molar-refractivity contribution < 1.29 is 19.0 Å². The number of amides is 1. The Bertz CT molecular complexity index is 815. The van der Waals surface area contributed by atoms with E-state index >= 15 is 0 Å². The summed E-state index contributed by atoms with van der Waals surface area (Å²) in [4.78, 5) is 12.5. The largest absolute Gasteiger partial charge is 0.618 e. The van der Waals surface area contributed by atoms with Gasteiger partial charge in [0.1, 0.15) is 13.2 Å². The Balaban J connectivity index is 1.55. The highest BCUT2D eigenvalue weighted by Gasteiger charge is 2.37. The van der Waals surface area contributed by atoms with Crippen LogP contribution in [0.15, 0.2) is 42.6 Å². The molecule has 0 atom stereocenters. The normalized spacial score (nSPS) is 17.7. The number of hydrogen-bond acceptors (Lipinski definition) is 4. The summed E-state index contributed by atoms with van der Waals surface area (Å²) in [6.45, 7) is 1.62. The first-order valence-corrected chi connectivity index (χ1v) is 9.05. The summed E-state index contributed by atoms with van der Waals surface area (Å²) in [6.07, 6.45) is 5.58. The van der Waals surface area contributed by atoms with Gasteiger partial charge < -0.3 is 20.0 Å². The third kappa shape index (κ3) is 3.07. The molecule has 26 heavy (non-hydrogen) atoms. The van der Waals surface area contributed by atoms with Gasteiger partial charge in [-0.1, -0.05) is 18.9 Å². The van der Waals surface area contributed by atoms with E-state index in [1.165, 1.54) is 12.3 Å². The zero-order valence-corrected chi connectivity index (χ0v) is 14.6. The van der Waals surface area contributed by atoms with Crippen molar-refractivity contribution in [2.75, 3.05) is 19.8 Å². The van der Waals surface area contributed by atoms with Crippen LogP contribution >= 0.6 is 0 Å². The van der Waals surface area contributed by atoms with Gasteiger partial charge >= 0.3 is 5.91 Å². The van der Waals surface area contributed by atoms with Gasteiger partial charge in [-0.15, -0.1) is 0 Å². The molecule has 1 amide bonds. The molecule has 4 rings (SSSR count). The standard InChI is InChI=1S/C20H22N2O4/c23-19(16-5-1-4-10-22(16)24)21-14-20(8-2-3-9-20)15-6-7-17-18(13-15)26-12-11-25-17/h1,4-7,10,13H,2-3,8-9,11-12,14H2,(H,21,23). The lowest BCUT2D eigenvalue weighted by Crippen LogP contribution is -2.44. The third-order valence-electron chi connectivity index (χ3n) is 5.36. The fourth-order valence-corrected chi connectivity index (χ4v) is 3.94. The first-order valence-electron chi connectivity index (χ1n) is 9.05. The lowest BCUT2D eigenvalue weighted by molar-refractivity contribution is -0.607. The molecule has 136 valence electrons. The molecule has 0 bridgehead atoms. The van der Waals surface area contributed by atoms with Crippen LogP contribution in [0.2, 0.25) is 0 Å². The molecule has 1 aliphatic heterocycles. The fraction of sp³-hybridized carbons (Fsp3) is 0.400. The summed E-state index contributed by atoms with van der Waals surface area (Å²) in [7, 11) is 0. The summed E-state index contributed by atoms with van der Waals surface area (Å²) >= 11 is 0. The van der Waals surface area contributed by atoms with Crippen molar-refractivity contribution in [2.45, 2.75) is 31.1 Å². The zero-order valence-electron chi connectivity index (χ0n) is 14.6. The number of fused-ring (bicyclic) bond motifs is 1. The number of hydrogen-bond donors (Lipinski definition) is 1. The molecule has 1 N–H and O–H groups in total. The van der Waals surface area contributed by atoms with Gasteiger partial charge in [0.15, 0.2) is 17.7 Å². The number of nitrogens with one attached hydrogen (secondary N) is 1. The maximum absolute atomic E-state index is 12.5. The van der Waals surface area contributed by atoms with Crippen molar-refractivity contribution in [3.63, 3.8) is 0 Å². The Morgan fingerprint density at radius 2 is 1.88 bits per heavy atom. The fourth-order valence-electron chi connectivity index (χ4n) is 3.94. The minimum absolute atomic E-state index is 0.114. The molecule has 6 nitrogen and oxygen atoms in total. The predicted octanol–water partition coefficient (Wildman–Crippen LogP) is 2.33. The molecule has 1 aliphatic carbocycles. The maximum Gasteiger partial charge on any atom is 0.317 e. The number of rotatable bonds is 4. The molecular formula is C20H22N2O4. The van der Waals surface area contributed by atoms with E-state index in [4.69, 9.17) is 9.47 Å². The summed E-state index contributed by atoms with van der Waals surface area (Å²) in [5.41, 5.74) is 1.14. The third-order valence-corrected chi connectivity index (χ3v) is 5.36. The second-order valence-electron chi connectivity index (χ2n) is 6.94. The van der Waals surface area contributed by atoms with E-state index in [0.29, 0.717) is 24.5 Å². The van der Waals surface area contributed by atoms with Gasteiger partial charge in [-0.05, 0) is 36.6 Å². The van der Waals surface area contributed by atoms with Crippen LogP contribution in [0.5, 0.6) is 11.5 Å². The number of carbonyl (C=O) groups excluding carboxylic acids is 1. The monoisotopic (exact) mass is 354 g/mol. The molecule has 1 aromatic heterocycles. The van der Waals surface area contributed by atoms with Crippen molar-refractivity contribution in [3.8, 4) is 11.5 Å². The molecule has 2 heterocycles. The van der Waals surface area contributed by atoms with Crippen molar-refractivity contribution in [3.05, 3.63) is 59.1 Å². The van der Waals surface area contributed by atoms with Gasteiger partial charge in [0.2, 0.25) is 0 Å². The van der Waals surface area contributed by atoms with Gasteiger partial charge in [-0.3, -0.25) is 4.79 Å². The van der Waals surface area contributed by atoms with Gasteiger partial charge in [0.05, 0.1) is 0 Å². The first-order chi connectivity index (χ1) is 12.7. The molecule has 0 saturated heterocycles. The van der Waals surface area contributed by atoms with Crippen LogP contribution in [0.1, 0.15) is 41.7 Å². The highest BCUT2D eigenvalue weighted by molar-refractivity contribution is 5.90. The lowest BCUT2D eigenvalue weighted by Gasteiger charge is -2.31. The summed E-state index contributed by atoms with van der Waals surface area (Å²) in [5, 5.41) is 14.8. The minimum atomic E-state index is -0.343. The van der Waals surface area contributed by atoms with Crippen LogP contribution < -0.4 is 19.5 Å². The van der Waals surface area contributed by atoms with E-state index in [9.17, 15) is 10.0 Å². The Kier molecular flexibility index (Phi) is 4.41. The van der Waals surface area contributed by atoms with E-state index in [1.807, 2.05) is 12.1 Å². The molecule has 2 aliphatic rings. The lowest BCUT2D eigenvalue weighted by atomic mass is 9.78. The molecule has 0 unspecified atom stereocenters. The molecule has 1 saturated carbocycles. The highest BCUT2D eigenvalue weighted by Crippen LogP contribution is 2.43. The number of benzene rings is 1. The SMILES string of the molecule is O=C(NCC1(c2ccc3c(c2)OCCO3)CCCC1)c1cccc[n+]1[O-]. The quantitative estimate of drug-likeness (QED) is 0.675. The van der Waals surface area contributed by atoms with E-state index in [-0.39, 0.29) is 17.0 Å². The summed E-state index contributed by atoms with van der Waals surface area (Å²) in [6, 6.07) is 10.9. The number of aromatic nitrogens is 1. The second-order valence-corrected chi connectivity index (χ2v) is 6.94. The Morgan fingerprint density at radius 3 is 2.65 bits per heavy atom. The second kappa shape index (κ2) is 6.86. The van der Waals surface area contributed by atoms with Crippen molar-refractivity contribution in [1.29, 1.82) is 0 Å². The van der Waals surface area contributed by atoms with E-state index < -0.39 is 0 Å². The van der Waals surface area contributed by atoms with Gasteiger partial charge in [-0.25, -0.2) is 0 Å². The van der Waals surface area contributed by atoms with Gasteiger partial charge in [0, 0.05) is 24.1 Å². The van der Waals surface area contributed by atoms with Crippen LogP contribution in [-0.4, -0.2) is 25.7 Å². The zero-order chi connectivity index (χ0) is 18.0. The predicted molar refractivity (Wildman–Crippen MR) is 95.3 cm³/mol. The van der Waals surface area contributed by atoms with Gasteiger partial charge in [-0.2, -0.15) is 4.73 Å². The average Bonchev–Trinajstić information content (AvgIpc) is 3.16. The number of nitrogens with zero attached hydrogens (tertiary/aromatic N) is 1. The van der Waals surface area contributed by atoms with Crippen LogP contribution in [0, 0.1) is 5.21 Å². The molecule has 1 aromatic carbocycles. The van der Waals surface area contributed by atoms with Crippen LogP contribution in [-0.2, 0) is 5.41 Å². The van der Waals surface area contributed by atoms with Gasteiger partial charge in [0.25, 0.3) is 5.69 Å². The Hall–Kier alpha value is -2.76. The minimum Gasteiger partial charge on any atom is -0.618 e.